The van der Waals surface area contributed by atoms with Crippen LogP contribution in [0.15, 0.2) is 18.2 Å². The standard InChI is InChI=1S/C9H12Cl2N2O2S/c1-13(2)16(14,15)12-6-7-3-4-8(10)5-9(7)11/h3-5,12H,6H2,1-2H3. The Morgan fingerprint density at radius 1 is 1.31 bits per heavy atom. The van der Waals surface area contributed by atoms with Crippen LogP contribution >= 0.6 is 23.2 Å². The molecule has 0 bridgehead atoms. The molecule has 0 aliphatic heterocycles. The summed E-state index contributed by atoms with van der Waals surface area (Å²) in [5, 5.41) is 0.957. The second-order valence-electron chi connectivity index (χ2n) is 3.34. The summed E-state index contributed by atoms with van der Waals surface area (Å²) in [5.74, 6) is 0. The van der Waals surface area contributed by atoms with Crippen molar-refractivity contribution in [3.8, 4) is 0 Å². The highest BCUT2D eigenvalue weighted by molar-refractivity contribution is 7.87. The van der Waals surface area contributed by atoms with E-state index < -0.39 is 10.2 Å². The average Bonchev–Trinajstić information content (AvgIpc) is 2.16. The average molecular weight is 283 g/mol. The maximum Gasteiger partial charge on any atom is 0.279 e. The lowest BCUT2D eigenvalue weighted by Gasteiger charge is -2.12. The molecule has 0 amide bonds. The minimum atomic E-state index is -3.43. The predicted molar refractivity (Wildman–Crippen MR) is 65.9 cm³/mol. The highest BCUT2D eigenvalue weighted by Crippen LogP contribution is 2.20. The van der Waals surface area contributed by atoms with Gasteiger partial charge in [0.1, 0.15) is 0 Å². The molecule has 7 heteroatoms. The van der Waals surface area contributed by atoms with Gasteiger partial charge >= 0.3 is 0 Å². The van der Waals surface area contributed by atoms with E-state index in [1.54, 1.807) is 18.2 Å². The molecule has 1 aromatic rings. The van der Waals surface area contributed by atoms with Crippen LogP contribution in [0.4, 0.5) is 0 Å². The van der Waals surface area contributed by atoms with Crippen LogP contribution in [0.25, 0.3) is 0 Å². The van der Waals surface area contributed by atoms with Crippen LogP contribution in [0.2, 0.25) is 10.0 Å². The lowest BCUT2D eigenvalue weighted by molar-refractivity contribution is 0.505. The Bertz CT molecular complexity index is 474. The van der Waals surface area contributed by atoms with Crippen molar-refractivity contribution >= 4 is 33.4 Å². The summed E-state index contributed by atoms with van der Waals surface area (Å²) in [6.45, 7) is 0.135. The first-order valence-electron chi connectivity index (χ1n) is 4.44. The summed E-state index contributed by atoms with van der Waals surface area (Å²) in [5.41, 5.74) is 0.677. The van der Waals surface area contributed by atoms with Gasteiger partial charge in [0.25, 0.3) is 10.2 Å². The molecular weight excluding hydrogens is 271 g/mol. The summed E-state index contributed by atoms with van der Waals surface area (Å²) in [7, 11) is -0.531. The SMILES string of the molecule is CN(C)S(=O)(=O)NCc1ccc(Cl)cc1Cl. The summed E-state index contributed by atoms with van der Waals surface area (Å²) < 4.78 is 26.4. The van der Waals surface area contributed by atoms with Crippen LogP contribution in [0.5, 0.6) is 0 Å². The van der Waals surface area contributed by atoms with Crippen molar-refractivity contribution < 1.29 is 8.42 Å². The first-order chi connectivity index (χ1) is 7.33. The maximum absolute atomic E-state index is 11.4. The van der Waals surface area contributed by atoms with Crippen molar-refractivity contribution in [2.24, 2.45) is 0 Å². The topological polar surface area (TPSA) is 49.4 Å². The summed E-state index contributed by atoms with van der Waals surface area (Å²) in [6, 6.07) is 4.91. The summed E-state index contributed by atoms with van der Waals surface area (Å²) >= 11 is 11.6. The molecule has 0 unspecified atom stereocenters. The number of halogens is 2. The van der Waals surface area contributed by atoms with Gasteiger partial charge in [0.2, 0.25) is 0 Å². The number of hydrogen-bond acceptors (Lipinski definition) is 2. The fourth-order valence-electron chi connectivity index (χ4n) is 0.963. The molecule has 0 fully saturated rings. The first kappa shape index (κ1) is 13.7. The Hall–Kier alpha value is -0.330. The lowest BCUT2D eigenvalue weighted by Crippen LogP contribution is -2.35. The molecule has 0 atom stereocenters. The molecule has 0 aliphatic rings. The maximum atomic E-state index is 11.4. The van der Waals surface area contributed by atoms with Gasteiger partial charge in [-0.2, -0.15) is 17.4 Å². The van der Waals surface area contributed by atoms with E-state index in [1.807, 2.05) is 0 Å². The monoisotopic (exact) mass is 282 g/mol. The third kappa shape index (κ3) is 3.61. The van der Waals surface area contributed by atoms with Crippen LogP contribution in [0.1, 0.15) is 5.56 Å². The Morgan fingerprint density at radius 3 is 2.44 bits per heavy atom. The molecular formula is C9H12Cl2N2O2S. The van der Waals surface area contributed by atoms with Gasteiger partial charge in [-0.1, -0.05) is 29.3 Å². The van der Waals surface area contributed by atoms with Crippen LogP contribution in [-0.2, 0) is 16.8 Å². The van der Waals surface area contributed by atoms with E-state index in [4.69, 9.17) is 23.2 Å². The Morgan fingerprint density at radius 2 is 1.94 bits per heavy atom. The fourth-order valence-corrected chi connectivity index (χ4v) is 2.03. The minimum Gasteiger partial charge on any atom is -0.198 e. The Labute approximate surface area is 105 Å². The predicted octanol–water partition coefficient (Wildman–Crippen LogP) is 1.89. The molecule has 0 saturated carbocycles. The van der Waals surface area contributed by atoms with Crippen LogP contribution in [-0.4, -0.2) is 26.8 Å². The zero-order valence-corrected chi connectivity index (χ0v) is 11.2. The first-order valence-corrected chi connectivity index (χ1v) is 6.63. The molecule has 0 aliphatic carbocycles. The largest absolute Gasteiger partial charge is 0.279 e. The van der Waals surface area contributed by atoms with E-state index in [-0.39, 0.29) is 6.54 Å². The zero-order valence-electron chi connectivity index (χ0n) is 8.87. The van der Waals surface area contributed by atoms with E-state index in [2.05, 4.69) is 4.72 Å². The molecule has 1 rings (SSSR count). The van der Waals surface area contributed by atoms with E-state index in [0.29, 0.717) is 15.6 Å². The normalized spacial score (nSPS) is 12.1. The molecule has 0 heterocycles. The Balaban J connectivity index is 2.76. The molecule has 0 aromatic heterocycles. The quantitative estimate of drug-likeness (QED) is 0.917. The van der Waals surface area contributed by atoms with Crippen molar-refractivity contribution in [2.75, 3.05) is 14.1 Å². The lowest BCUT2D eigenvalue weighted by atomic mass is 10.2. The van der Waals surface area contributed by atoms with Crippen molar-refractivity contribution in [2.45, 2.75) is 6.54 Å². The van der Waals surface area contributed by atoms with Crippen LogP contribution in [0.3, 0.4) is 0 Å². The van der Waals surface area contributed by atoms with E-state index in [0.717, 1.165) is 4.31 Å². The van der Waals surface area contributed by atoms with E-state index in [1.165, 1.54) is 14.1 Å². The fraction of sp³-hybridized carbons (Fsp3) is 0.333. The molecule has 90 valence electrons. The third-order valence-corrected chi connectivity index (χ3v) is 4.00. The molecule has 1 aromatic carbocycles. The van der Waals surface area contributed by atoms with Crippen LogP contribution < -0.4 is 4.72 Å². The molecule has 4 nitrogen and oxygen atoms in total. The van der Waals surface area contributed by atoms with Gasteiger partial charge in [-0.15, -0.1) is 0 Å². The number of nitrogens with one attached hydrogen (secondary N) is 1. The second kappa shape index (κ2) is 5.33. The molecule has 0 spiro atoms. The number of hydrogen-bond donors (Lipinski definition) is 1. The van der Waals surface area contributed by atoms with Gasteiger partial charge in [-0.3, -0.25) is 0 Å². The van der Waals surface area contributed by atoms with Crippen molar-refractivity contribution in [1.82, 2.24) is 9.03 Å². The third-order valence-electron chi connectivity index (χ3n) is 1.94. The van der Waals surface area contributed by atoms with Gasteiger partial charge in [0, 0.05) is 30.7 Å². The van der Waals surface area contributed by atoms with Crippen LogP contribution in [0, 0.1) is 0 Å². The molecule has 0 radical (unpaired) electrons. The molecule has 16 heavy (non-hydrogen) atoms. The second-order valence-corrected chi connectivity index (χ2v) is 6.16. The van der Waals surface area contributed by atoms with Crippen molar-refractivity contribution in [3.05, 3.63) is 33.8 Å². The highest BCUT2D eigenvalue weighted by Gasteiger charge is 2.13. The summed E-state index contributed by atoms with van der Waals surface area (Å²) in [4.78, 5) is 0. The zero-order chi connectivity index (χ0) is 12.3. The number of nitrogens with zero attached hydrogens (tertiary/aromatic N) is 1. The van der Waals surface area contributed by atoms with Crippen molar-refractivity contribution in [1.29, 1.82) is 0 Å². The Kier molecular flexibility index (Phi) is 4.58. The summed E-state index contributed by atoms with van der Waals surface area (Å²) in [6.07, 6.45) is 0. The molecule has 1 N–H and O–H groups in total. The van der Waals surface area contributed by atoms with Crippen molar-refractivity contribution in [3.63, 3.8) is 0 Å². The number of benzene rings is 1. The number of rotatable bonds is 4. The van der Waals surface area contributed by atoms with Gasteiger partial charge in [-0.05, 0) is 17.7 Å². The van der Waals surface area contributed by atoms with Gasteiger partial charge < -0.3 is 0 Å². The van der Waals surface area contributed by atoms with Gasteiger partial charge in [0.15, 0.2) is 0 Å². The minimum absolute atomic E-state index is 0.135. The van der Waals surface area contributed by atoms with E-state index >= 15 is 0 Å². The molecule has 0 saturated heterocycles. The smallest absolute Gasteiger partial charge is 0.198 e. The van der Waals surface area contributed by atoms with Gasteiger partial charge in [-0.25, -0.2) is 0 Å². The highest BCUT2D eigenvalue weighted by atomic mass is 35.5. The van der Waals surface area contributed by atoms with Gasteiger partial charge in [0.05, 0.1) is 0 Å². The van der Waals surface area contributed by atoms with E-state index in [9.17, 15) is 8.42 Å².